The van der Waals surface area contributed by atoms with E-state index in [1.807, 2.05) is 0 Å². The Balaban J connectivity index is 0.00000106. The van der Waals surface area contributed by atoms with Crippen LogP contribution in [-0.4, -0.2) is 0 Å². The quantitative estimate of drug-likeness (QED) is 0.842. The number of hydrogen-bond acceptors (Lipinski definition) is 2. The smallest absolute Gasteiger partial charge is 0.0462 e. The van der Waals surface area contributed by atoms with Gasteiger partial charge in [0.15, 0.2) is 0 Å². The van der Waals surface area contributed by atoms with E-state index >= 15 is 0 Å². The lowest BCUT2D eigenvalue weighted by Gasteiger charge is -2.29. The molecule has 1 rings (SSSR count). The minimum atomic E-state index is -0.132. The Morgan fingerprint density at radius 3 is 2.06 bits per heavy atom. The molecule has 0 aliphatic heterocycles. The minimum Gasteiger partial charge on any atom is -0.321 e. The second kappa shape index (κ2) is 7.03. The number of benzene rings is 1. The van der Waals surface area contributed by atoms with Crippen molar-refractivity contribution >= 4 is 0 Å². The molecule has 0 fully saturated rings. The topological polar surface area (TPSA) is 49.8 Å². The Hall–Kier alpha value is -1.33. The van der Waals surface area contributed by atoms with Crippen LogP contribution >= 0.6 is 0 Å². The number of nitrogens with zero attached hydrogens (tertiary/aromatic N) is 1. The molecule has 0 amide bonds. The first-order chi connectivity index (χ1) is 7.68. The fraction of sp³-hybridized carbons (Fsp3) is 0.500. The van der Waals surface area contributed by atoms with Crippen LogP contribution < -0.4 is 5.73 Å². The molecular weight excluding hydrogens is 196 g/mol. The summed E-state index contributed by atoms with van der Waals surface area (Å²) in [4.78, 5) is 0. The van der Waals surface area contributed by atoms with Crippen molar-refractivity contribution in [3.63, 3.8) is 0 Å². The largest absolute Gasteiger partial charge is 0.321 e. The van der Waals surface area contributed by atoms with Gasteiger partial charge in [-0.3, -0.25) is 0 Å². The predicted octanol–water partition coefficient (Wildman–Crippen LogP) is 3.36. The van der Waals surface area contributed by atoms with E-state index < -0.39 is 0 Å². The van der Waals surface area contributed by atoms with Crippen LogP contribution in [-0.2, 0) is 12.0 Å². The summed E-state index contributed by atoms with van der Waals surface area (Å²) in [7, 11) is 0. The second-order valence-electron chi connectivity index (χ2n) is 3.87. The fourth-order valence-electron chi connectivity index (χ4n) is 1.95. The summed E-state index contributed by atoms with van der Waals surface area (Å²) in [6.07, 6.45) is 3.07. The van der Waals surface area contributed by atoms with Crippen LogP contribution in [0.25, 0.3) is 0 Å². The van der Waals surface area contributed by atoms with Gasteiger partial charge in [0.05, 0.1) is 0 Å². The molecule has 88 valence electrons. The monoisotopic (exact) mass is 218 g/mol. The third kappa shape index (κ3) is 3.08. The van der Waals surface area contributed by atoms with Crippen molar-refractivity contribution in [3.8, 4) is 6.57 Å². The first kappa shape index (κ1) is 14.7. The molecule has 2 nitrogen and oxygen atoms in total. The van der Waals surface area contributed by atoms with Gasteiger partial charge in [0.25, 0.3) is 0 Å². The molecule has 0 bridgehead atoms. The van der Waals surface area contributed by atoms with Gasteiger partial charge in [-0.15, -0.1) is 0 Å². The minimum absolute atomic E-state index is 0.132. The lowest BCUT2D eigenvalue weighted by molar-refractivity contribution is 0.409. The third-order valence-electron chi connectivity index (χ3n) is 3.20. The molecule has 16 heavy (non-hydrogen) atoms. The number of hydrogen-bond donors (Lipinski definition) is 1. The normalized spacial score (nSPS) is 10.4. The van der Waals surface area contributed by atoms with Crippen molar-refractivity contribution in [2.24, 2.45) is 5.73 Å². The lowest BCUT2D eigenvalue weighted by Crippen LogP contribution is -2.36. The van der Waals surface area contributed by atoms with Crippen molar-refractivity contribution in [1.29, 1.82) is 5.26 Å². The van der Waals surface area contributed by atoms with Gasteiger partial charge in [-0.05, 0) is 30.4 Å². The molecule has 2 heteroatoms. The SMILES string of the molecule is C#N.CCc1ccccc1C(N)(CC)CC. The molecule has 0 atom stereocenters. The molecule has 0 saturated heterocycles. The van der Waals surface area contributed by atoms with Gasteiger partial charge in [0.1, 0.15) is 0 Å². The third-order valence-corrected chi connectivity index (χ3v) is 3.20. The highest BCUT2D eigenvalue weighted by atomic mass is 14.7. The van der Waals surface area contributed by atoms with Crippen LogP contribution in [0.2, 0.25) is 0 Å². The van der Waals surface area contributed by atoms with Gasteiger partial charge in [-0.2, -0.15) is 0 Å². The zero-order valence-corrected chi connectivity index (χ0v) is 10.5. The van der Waals surface area contributed by atoms with Gasteiger partial charge in [0, 0.05) is 12.1 Å². The summed E-state index contributed by atoms with van der Waals surface area (Å²) in [5, 5.41) is 6.50. The Kier molecular flexibility index (Phi) is 6.44. The molecule has 0 aliphatic carbocycles. The molecule has 0 aromatic heterocycles. The summed E-state index contributed by atoms with van der Waals surface area (Å²) in [5.74, 6) is 0. The molecule has 0 heterocycles. The average molecular weight is 218 g/mol. The highest BCUT2D eigenvalue weighted by Crippen LogP contribution is 2.28. The highest BCUT2D eigenvalue weighted by molar-refractivity contribution is 5.33. The van der Waals surface area contributed by atoms with E-state index in [1.165, 1.54) is 11.1 Å². The molecule has 0 unspecified atom stereocenters. The molecule has 0 radical (unpaired) electrons. The first-order valence-corrected chi connectivity index (χ1v) is 5.81. The summed E-state index contributed by atoms with van der Waals surface area (Å²) < 4.78 is 0. The van der Waals surface area contributed by atoms with Crippen molar-refractivity contribution in [2.45, 2.75) is 45.6 Å². The van der Waals surface area contributed by atoms with Crippen LogP contribution in [0.3, 0.4) is 0 Å². The standard InChI is InChI=1S/C13H21N.CHN/c1-4-11-9-7-8-10-12(11)13(14,5-2)6-3;1-2/h7-10H,4-6,14H2,1-3H3;1H. The van der Waals surface area contributed by atoms with E-state index in [4.69, 9.17) is 11.0 Å². The van der Waals surface area contributed by atoms with Gasteiger partial charge < -0.3 is 5.73 Å². The van der Waals surface area contributed by atoms with Gasteiger partial charge in [-0.1, -0.05) is 45.0 Å². The maximum Gasteiger partial charge on any atom is 0.0462 e. The number of rotatable bonds is 4. The van der Waals surface area contributed by atoms with E-state index in [0.717, 1.165) is 19.3 Å². The molecule has 1 aromatic rings. The average Bonchev–Trinajstić information content (AvgIpc) is 2.40. The van der Waals surface area contributed by atoms with Crippen molar-refractivity contribution in [2.75, 3.05) is 0 Å². The van der Waals surface area contributed by atoms with E-state index in [1.54, 1.807) is 0 Å². The fourth-order valence-corrected chi connectivity index (χ4v) is 1.95. The van der Waals surface area contributed by atoms with Crippen LogP contribution in [0.15, 0.2) is 24.3 Å². The zero-order chi connectivity index (χ0) is 12.6. The van der Waals surface area contributed by atoms with E-state index in [9.17, 15) is 0 Å². The molecular formula is C14H22N2. The lowest BCUT2D eigenvalue weighted by atomic mass is 9.82. The second-order valence-corrected chi connectivity index (χ2v) is 3.87. The summed E-state index contributed by atoms with van der Waals surface area (Å²) in [6, 6.07) is 8.53. The van der Waals surface area contributed by atoms with Crippen molar-refractivity contribution < 1.29 is 0 Å². The van der Waals surface area contributed by atoms with Crippen LogP contribution in [0.5, 0.6) is 0 Å². The number of nitrogens with two attached hydrogens (primary N) is 1. The van der Waals surface area contributed by atoms with Crippen LogP contribution in [0.1, 0.15) is 44.7 Å². The number of aryl methyl sites for hydroxylation is 1. The highest BCUT2D eigenvalue weighted by Gasteiger charge is 2.24. The van der Waals surface area contributed by atoms with E-state index in [-0.39, 0.29) is 5.54 Å². The maximum atomic E-state index is 6.50. The van der Waals surface area contributed by atoms with Gasteiger partial charge in [-0.25, -0.2) is 5.26 Å². The van der Waals surface area contributed by atoms with E-state index in [0.29, 0.717) is 0 Å². The number of nitriles is 1. The summed E-state index contributed by atoms with van der Waals surface area (Å²) in [5.41, 5.74) is 8.98. The molecule has 2 N–H and O–H groups in total. The van der Waals surface area contributed by atoms with Crippen LogP contribution in [0.4, 0.5) is 0 Å². The summed E-state index contributed by atoms with van der Waals surface area (Å²) >= 11 is 0. The maximum absolute atomic E-state index is 6.50. The Labute approximate surface area is 99.1 Å². The first-order valence-electron chi connectivity index (χ1n) is 5.81. The van der Waals surface area contributed by atoms with Crippen molar-refractivity contribution in [1.82, 2.24) is 0 Å². The van der Waals surface area contributed by atoms with Gasteiger partial charge in [0.2, 0.25) is 0 Å². The zero-order valence-electron chi connectivity index (χ0n) is 10.5. The Morgan fingerprint density at radius 1 is 1.12 bits per heavy atom. The molecule has 0 aliphatic rings. The van der Waals surface area contributed by atoms with E-state index in [2.05, 4.69) is 51.6 Å². The van der Waals surface area contributed by atoms with Crippen molar-refractivity contribution in [3.05, 3.63) is 35.4 Å². The molecule has 0 spiro atoms. The Bertz CT molecular complexity index is 325. The molecule has 0 saturated carbocycles. The van der Waals surface area contributed by atoms with Gasteiger partial charge >= 0.3 is 0 Å². The Morgan fingerprint density at radius 2 is 1.62 bits per heavy atom. The predicted molar refractivity (Wildman–Crippen MR) is 68.9 cm³/mol. The molecule has 1 aromatic carbocycles. The summed E-state index contributed by atoms with van der Waals surface area (Å²) in [6.45, 7) is 10.0. The van der Waals surface area contributed by atoms with Crippen LogP contribution in [0, 0.1) is 11.8 Å².